The van der Waals surface area contributed by atoms with Gasteiger partial charge in [0.05, 0.1) is 15.5 Å². The van der Waals surface area contributed by atoms with Crippen LogP contribution in [-0.2, 0) is 0 Å². The summed E-state index contributed by atoms with van der Waals surface area (Å²) in [7, 11) is 0. The van der Waals surface area contributed by atoms with Gasteiger partial charge in [0.25, 0.3) is 11.6 Å². The summed E-state index contributed by atoms with van der Waals surface area (Å²) in [6.07, 6.45) is 1.56. The third-order valence-electron chi connectivity index (χ3n) is 2.56. The highest BCUT2D eigenvalue weighted by atomic mass is 35.5. The predicted octanol–water partition coefficient (Wildman–Crippen LogP) is 3.20. The molecule has 6 nitrogen and oxygen atoms in total. The van der Waals surface area contributed by atoms with Crippen molar-refractivity contribution in [1.82, 2.24) is 4.98 Å². The van der Waals surface area contributed by atoms with E-state index in [1.54, 1.807) is 25.3 Å². The number of nitrogens with zero attached hydrogens (tertiary/aromatic N) is 2. The zero-order valence-electron chi connectivity index (χ0n) is 10.5. The van der Waals surface area contributed by atoms with Crippen molar-refractivity contribution in [3.8, 4) is 0 Å². The minimum Gasteiger partial charge on any atom is -0.322 e. The number of nitro benzene ring substituents is 1. The summed E-state index contributed by atoms with van der Waals surface area (Å²) in [6.45, 7) is 1.79. The molecule has 20 heavy (non-hydrogen) atoms. The van der Waals surface area contributed by atoms with E-state index in [9.17, 15) is 14.9 Å². The molecule has 0 fully saturated rings. The number of anilines is 1. The number of pyridine rings is 1. The number of non-ortho nitro benzene ring substituents is 1. The van der Waals surface area contributed by atoms with Crippen LogP contribution < -0.4 is 5.32 Å². The Labute approximate surface area is 119 Å². The average molecular weight is 292 g/mol. The van der Waals surface area contributed by atoms with E-state index in [-0.39, 0.29) is 16.3 Å². The smallest absolute Gasteiger partial charge is 0.270 e. The molecule has 0 unspecified atom stereocenters. The first-order valence-electron chi connectivity index (χ1n) is 5.65. The molecule has 1 aromatic carbocycles. The molecule has 0 radical (unpaired) electrons. The molecule has 1 heterocycles. The van der Waals surface area contributed by atoms with Gasteiger partial charge in [-0.2, -0.15) is 0 Å². The lowest BCUT2D eigenvalue weighted by Crippen LogP contribution is -2.13. The first-order chi connectivity index (χ1) is 9.47. The maximum Gasteiger partial charge on any atom is 0.270 e. The summed E-state index contributed by atoms with van der Waals surface area (Å²) in [5.74, 6) is -0.510. The molecule has 0 saturated carbocycles. The third-order valence-corrected chi connectivity index (χ3v) is 2.89. The van der Waals surface area contributed by atoms with Crippen molar-refractivity contribution in [3.63, 3.8) is 0 Å². The van der Waals surface area contributed by atoms with Crippen LogP contribution in [0.1, 0.15) is 16.1 Å². The van der Waals surface area contributed by atoms with E-state index in [2.05, 4.69) is 10.3 Å². The van der Waals surface area contributed by atoms with E-state index in [1.165, 1.54) is 12.1 Å². The number of carbonyl (C=O) groups is 1. The van der Waals surface area contributed by atoms with Crippen LogP contribution in [0.15, 0.2) is 36.5 Å². The fraction of sp³-hybridized carbons (Fsp3) is 0.0769. The van der Waals surface area contributed by atoms with Crippen LogP contribution in [0.5, 0.6) is 0 Å². The van der Waals surface area contributed by atoms with Crippen molar-refractivity contribution in [2.75, 3.05) is 5.32 Å². The molecule has 2 aromatic rings. The average Bonchev–Trinajstić information content (AvgIpc) is 2.38. The Hall–Kier alpha value is -2.47. The predicted molar refractivity (Wildman–Crippen MR) is 75.0 cm³/mol. The molecule has 0 spiro atoms. The van der Waals surface area contributed by atoms with Crippen molar-refractivity contribution in [1.29, 1.82) is 0 Å². The van der Waals surface area contributed by atoms with Crippen molar-refractivity contribution in [2.45, 2.75) is 6.92 Å². The van der Waals surface area contributed by atoms with Gasteiger partial charge in [-0.3, -0.25) is 19.9 Å². The molecule has 0 aliphatic carbocycles. The molecule has 102 valence electrons. The molecule has 0 aliphatic rings. The highest BCUT2D eigenvalue weighted by Crippen LogP contribution is 2.23. The monoisotopic (exact) mass is 291 g/mol. The molecule has 7 heteroatoms. The zero-order chi connectivity index (χ0) is 14.7. The van der Waals surface area contributed by atoms with Crippen LogP contribution >= 0.6 is 11.6 Å². The highest BCUT2D eigenvalue weighted by molar-refractivity contribution is 6.34. The van der Waals surface area contributed by atoms with Crippen LogP contribution in [0.3, 0.4) is 0 Å². The number of hydrogen-bond acceptors (Lipinski definition) is 4. The van der Waals surface area contributed by atoms with Crippen molar-refractivity contribution < 1.29 is 9.72 Å². The fourth-order valence-electron chi connectivity index (χ4n) is 1.62. The summed E-state index contributed by atoms with van der Waals surface area (Å²) in [5, 5.41) is 13.5. The lowest BCUT2D eigenvalue weighted by Gasteiger charge is -2.07. The van der Waals surface area contributed by atoms with E-state index in [0.29, 0.717) is 5.69 Å². The van der Waals surface area contributed by atoms with Crippen molar-refractivity contribution in [2.24, 2.45) is 0 Å². The maximum absolute atomic E-state index is 12.1. The van der Waals surface area contributed by atoms with E-state index in [4.69, 9.17) is 11.6 Å². The van der Waals surface area contributed by atoms with Crippen LogP contribution in [0, 0.1) is 17.0 Å². The molecule has 0 saturated heterocycles. The number of benzene rings is 1. The number of halogens is 1. The number of rotatable bonds is 3. The molecule has 0 aliphatic heterocycles. The van der Waals surface area contributed by atoms with Gasteiger partial charge in [-0.1, -0.05) is 11.6 Å². The van der Waals surface area contributed by atoms with Gasteiger partial charge in [0.15, 0.2) is 0 Å². The summed E-state index contributed by atoms with van der Waals surface area (Å²) in [6, 6.07) is 7.02. The molecule has 1 aromatic heterocycles. The van der Waals surface area contributed by atoms with E-state index < -0.39 is 10.8 Å². The number of aromatic nitrogens is 1. The fourth-order valence-corrected chi connectivity index (χ4v) is 1.83. The lowest BCUT2D eigenvalue weighted by molar-refractivity contribution is -0.384. The minimum absolute atomic E-state index is 0.0512. The Morgan fingerprint density at radius 3 is 2.75 bits per heavy atom. The van der Waals surface area contributed by atoms with Gasteiger partial charge < -0.3 is 5.32 Å². The second kappa shape index (κ2) is 5.66. The Balaban J connectivity index is 2.29. The van der Waals surface area contributed by atoms with Crippen molar-refractivity contribution >= 4 is 28.9 Å². The zero-order valence-corrected chi connectivity index (χ0v) is 11.2. The Morgan fingerprint density at radius 1 is 1.35 bits per heavy atom. The van der Waals surface area contributed by atoms with E-state index in [0.717, 1.165) is 11.8 Å². The first-order valence-corrected chi connectivity index (χ1v) is 6.03. The molecule has 0 atom stereocenters. The Kier molecular flexibility index (Phi) is 3.95. The largest absolute Gasteiger partial charge is 0.322 e. The summed E-state index contributed by atoms with van der Waals surface area (Å²) in [4.78, 5) is 26.2. The van der Waals surface area contributed by atoms with Gasteiger partial charge in [-0.25, -0.2) is 0 Å². The number of amides is 1. The first kappa shape index (κ1) is 14.0. The van der Waals surface area contributed by atoms with Gasteiger partial charge in [0.2, 0.25) is 0 Å². The maximum atomic E-state index is 12.1. The second-order valence-corrected chi connectivity index (χ2v) is 4.47. The SMILES string of the molecule is Cc1cc(NC(=O)c2cc([N+](=O)[O-])ccc2Cl)ccn1. The minimum atomic E-state index is -0.580. The Bertz CT molecular complexity index is 688. The van der Waals surface area contributed by atoms with Gasteiger partial charge in [0.1, 0.15) is 0 Å². The van der Waals surface area contributed by atoms with Crippen LogP contribution in [0.2, 0.25) is 5.02 Å². The second-order valence-electron chi connectivity index (χ2n) is 4.06. The summed E-state index contributed by atoms with van der Waals surface area (Å²) in [5.41, 5.74) is 1.15. The van der Waals surface area contributed by atoms with Crippen LogP contribution in [0.4, 0.5) is 11.4 Å². The van der Waals surface area contributed by atoms with E-state index in [1.807, 2.05) is 0 Å². The number of aryl methyl sites for hydroxylation is 1. The van der Waals surface area contributed by atoms with Gasteiger partial charge in [0, 0.05) is 29.7 Å². The quantitative estimate of drug-likeness (QED) is 0.695. The summed E-state index contributed by atoms with van der Waals surface area (Å²) >= 11 is 5.90. The molecule has 2 rings (SSSR count). The topological polar surface area (TPSA) is 85.1 Å². The van der Waals surface area contributed by atoms with Crippen molar-refractivity contribution in [3.05, 3.63) is 62.9 Å². The normalized spacial score (nSPS) is 10.1. The highest BCUT2D eigenvalue weighted by Gasteiger charge is 2.16. The van der Waals surface area contributed by atoms with E-state index >= 15 is 0 Å². The standard InChI is InChI=1S/C13H10ClN3O3/c1-8-6-9(4-5-15-8)16-13(18)11-7-10(17(19)20)2-3-12(11)14/h2-7H,1H3,(H,15,16,18). The van der Waals surface area contributed by atoms with Crippen LogP contribution in [0.25, 0.3) is 0 Å². The number of nitrogens with one attached hydrogen (secondary N) is 1. The molecular formula is C13H10ClN3O3. The Morgan fingerprint density at radius 2 is 2.10 bits per heavy atom. The summed E-state index contributed by atoms with van der Waals surface area (Å²) < 4.78 is 0. The van der Waals surface area contributed by atoms with Gasteiger partial charge >= 0.3 is 0 Å². The number of carbonyl (C=O) groups excluding carboxylic acids is 1. The number of nitro groups is 1. The van der Waals surface area contributed by atoms with Crippen LogP contribution in [-0.4, -0.2) is 15.8 Å². The molecular weight excluding hydrogens is 282 g/mol. The molecule has 1 amide bonds. The molecule has 0 bridgehead atoms. The third kappa shape index (κ3) is 3.10. The number of hydrogen-bond donors (Lipinski definition) is 1. The molecule has 1 N–H and O–H groups in total. The van der Waals surface area contributed by atoms with Gasteiger partial charge in [-0.15, -0.1) is 0 Å². The van der Waals surface area contributed by atoms with Gasteiger partial charge in [-0.05, 0) is 25.1 Å². The lowest BCUT2D eigenvalue weighted by atomic mass is 10.2.